The van der Waals surface area contributed by atoms with Crippen LogP contribution >= 0.6 is 22.9 Å². The molecule has 7 nitrogen and oxygen atoms in total. The van der Waals surface area contributed by atoms with E-state index in [2.05, 4.69) is 32.4 Å². The highest BCUT2D eigenvalue weighted by molar-refractivity contribution is 7.22. The number of aromatic nitrogens is 3. The summed E-state index contributed by atoms with van der Waals surface area (Å²) in [5.74, 6) is -0.444. The van der Waals surface area contributed by atoms with Crippen LogP contribution in [-0.4, -0.2) is 59.7 Å². The molecule has 2 N–H and O–H groups in total. The molecule has 3 heterocycles. The summed E-state index contributed by atoms with van der Waals surface area (Å²) in [5.41, 5.74) is 3.23. The normalized spacial score (nSPS) is 16.0. The second kappa shape index (κ2) is 9.24. The predicted molar refractivity (Wildman–Crippen MR) is 133 cm³/mol. The van der Waals surface area contributed by atoms with Gasteiger partial charge in [0.25, 0.3) is 0 Å². The van der Waals surface area contributed by atoms with E-state index in [4.69, 9.17) is 11.6 Å². The molecule has 0 unspecified atom stereocenters. The van der Waals surface area contributed by atoms with Gasteiger partial charge in [0.2, 0.25) is 6.41 Å². The van der Waals surface area contributed by atoms with E-state index in [1.807, 2.05) is 23.1 Å². The first kappa shape index (κ1) is 22.1. The highest BCUT2D eigenvalue weighted by Gasteiger charge is 2.26. The predicted octanol–water partition coefficient (Wildman–Crippen LogP) is 5.12. The van der Waals surface area contributed by atoms with Gasteiger partial charge in [0.15, 0.2) is 10.9 Å². The van der Waals surface area contributed by atoms with Crippen molar-refractivity contribution in [2.75, 3.05) is 43.4 Å². The Morgan fingerprint density at radius 1 is 1.21 bits per heavy atom. The van der Waals surface area contributed by atoms with Gasteiger partial charge >= 0.3 is 0 Å². The average molecular weight is 487 g/mol. The first-order chi connectivity index (χ1) is 16.1. The lowest BCUT2D eigenvalue weighted by Gasteiger charge is -2.34. The van der Waals surface area contributed by atoms with Crippen LogP contribution in [0.15, 0.2) is 24.4 Å². The molecule has 1 saturated heterocycles. The number of nitrogens with one attached hydrogen (secondary N) is 2. The number of hydrogen-bond acceptors (Lipinski definition) is 6. The molecule has 33 heavy (non-hydrogen) atoms. The number of amides is 1. The number of fused-ring (bicyclic) bond motifs is 2. The van der Waals surface area contributed by atoms with Crippen molar-refractivity contribution in [1.82, 2.24) is 20.1 Å². The fraction of sp³-hybridized carbons (Fsp3) is 0.348. The van der Waals surface area contributed by atoms with E-state index in [-0.39, 0.29) is 5.02 Å². The number of carbonyl (C=O) groups excluding carboxylic acids is 1. The lowest BCUT2D eigenvalue weighted by Crippen LogP contribution is -2.45. The third-order valence-corrected chi connectivity index (χ3v) is 7.10. The van der Waals surface area contributed by atoms with Crippen LogP contribution in [0.1, 0.15) is 19.3 Å². The Kier molecular flexibility index (Phi) is 6.18. The summed E-state index contributed by atoms with van der Waals surface area (Å²) in [6.07, 6.45) is 6.78. The minimum Gasteiger partial charge on any atom is -0.365 e. The molecule has 0 radical (unpaired) electrons. The largest absolute Gasteiger partial charge is 0.365 e. The lowest BCUT2D eigenvalue weighted by molar-refractivity contribution is -0.105. The maximum atomic E-state index is 15.6. The summed E-state index contributed by atoms with van der Waals surface area (Å²) in [6.45, 7) is 3.15. The van der Waals surface area contributed by atoms with Crippen molar-refractivity contribution >= 4 is 61.3 Å². The van der Waals surface area contributed by atoms with Gasteiger partial charge in [-0.2, -0.15) is 5.10 Å². The zero-order valence-electron chi connectivity index (χ0n) is 18.2. The number of benzene rings is 2. The number of hydrogen-bond donors (Lipinski definition) is 2. The molecular formula is C23H24ClFN6OS. The second-order valence-electron chi connectivity index (χ2n) is 8.32. The standard InChI is InChI=1S/C20H18ClFN6OS.C3H6/c1-27-4-6-28(7-5-27)19-17(22)16(21)15(12-9-24-26-18(12)19)11-2-3-13-14(8-11)30-20(25-13)23-10-29;1-2-3-1/h2-3,8-10H,4-7H2,1H3,(H,24,26)(H,23,25,29);1-3H2. The molecule has 1 saturated carbocycles. The topological polar surface area (TPSA) is 77.2 Å². The van der Waals surface area contributed by atoms with Gasteiger partial charge in [-0.05, 0) is 24.7 Å². The fourth-order valence-electron chi connectivity index (χ4n) is 3.90. The molecule has 4 aromatic rings. The smallest absolute Gasteiger partial charge is 0.213 e. The second-order valence-corrected chi connectivity index (χ2v) is 9.73. The van der Waals surface area contributed by atoms with Crippen molar-refractivity contribution in [2.45, 2.75) is 19.3 Å². The summed E-state index contributed by atoms with van der Waals surface area (Å²) >= 11 is 7.95. The average Bonchev–Trinajstić information content (AvgIpc) is 3.53. The van der Waals surface area contributed by atoms with Gasteiger partial charge in [-0.3, -0.25) is 9.89 Å². The van der Waals surface area contributed by atoms with Crippen molar-refractivity contribution in [1.29, 1.82) is 0 Å². The van der Waals surface area contributed by atoms with E-state index >= 15 is 4.39 Å². The lowest BCUT2D eigenvalue weighted by atomic mass is 9.99. The first-order valence-electron chi connectivity index (χ1n) is 11.0. The highest BCUT2D eigenvalue weighted by atomic mass is 35.5. The van der Waals surface area contributed by atoms with Crippen molar-refractivity contribution in [3.05, 3.63) is 35.2 Å². The molecule has 2 aromatic heterocycles. The van der Waals surface area contributed by atoms with Gasteiger partial charge < -0.3 is 15.1 Å². The zero-order chi connectivity index (χ0) is 22.9. The van der Waals surface area contributed by atoms with E-state index in [1.165, 1.54) is 30.6 Å². The molecule has 0 bridgehead atoms. The SMILES string of the molecule is C1CC1.CN1CCN(c2c(F)c(Cl)c(-c3ccc4nc(NC=O)sc4c3)c3cn[nH]c23)CC1. The third kappa shape index (κ3) is 4.40. The molecule has 10 heteroatoms. The molecule has 1 aliphatic carbocycles. The number of likely N-dealkylation sites (N-methyl/N-ethyl adjacent to an activating group) is 1. The van der Waals surface area contributed by atoms with Crippen LogP contribution in [0.3, 0.4) is 0 Å². The summed E-state index contributed by atoms with van der Waals surface area (Å²) in [5, 5.41) is 11.1. The van der Waals surface area contributed by atoms with E-state index < -0.39 is 5.82 Å². The van der Waals surface area contributed by atoms with Crippen LogP contribution in [0.2, 0.25) is 5.02 Å². The number of halogens is 2. The van der Waals surface area contributed by atoms with Crippen LogP contribution in [0.5, 0.6) is 0 Å². The van der Waals surface area contributed by atoms with Gasteiger partial charge in [-0.15, -0.1) is 0 Å². The molecule has 0 atom stereocenters. The Bertz CT molecular complexity index is 1310. The van der Waals surface area contributed by atoms with Crippen LogP contribution in [-0.2, 0) is 4.79 Å². The number of piperazine rings is 1. The monoisotopic (exact) mass is 486 g/mol. The van der Waals surface area contributed by atoms with Gasteiger partial charge in [-0.25, -0.2) is 9.37 Å². The molecule has 2 aromatic carbocycles. The Hall–Kier alpha value is -2.75. The quantitative estimate of drug-likeness (QED) is 0.391. The maximum absolute atomic E-state index is 15.6. The molecule has 2 fully saturated rings. The van der Waals surface area contributed by atoms with Gasteiger partial charge in [0, 0.05) is 37.1 Å². The van der Waals surface area contributed by atoms with Crippen LogP contribution in [0.25, 0.3) is 32.2 Å². The summed E-state index contributed by atoms with van der Waals surface area (Å²) in [4.78, 5) is 19.3. The number of thiazole rings is 1. The van der Waals surface area contributed by atoms with Crippen LogP contribution in [0, 0.1) is 5.82 Å². The number of rotatable bonds is 4. The van der Waals surface area contributed by atoms with Crippen LogP contribution in [0.4, 0.5) is 15.2 Å². The number of H-pyrrole nitrogens is 1. The van der Waals surface area contributed by atoms with Crippen LogP contribution < -0.4 is 10.2 Å². The minimum atomic E-state index is -0.444. The molecule has 6 rings (SSSR count). The molecule has 2 aliphatic rings. The Morgan fingerprint density at radius 2 is 1.97 bits per heavy atom. The Balaban J connectivity index is 0.000000705. The van der Waals surface area contributed by atoms with E-state index in [9.17, 15) is 4.79 Å². The number of nitrogens with zero attached hydrogens (tertiary/aromatic N) is 4. The molecule has 0 spiro atoms. The fourth-order valence-corrected chi connectivity index (χ4v) is 5.06. The van der Waals surface area contributed by atoms with Crippen molar-refractivity contribution < 1.29 is 9.18 Å². The molecular weight excluding hydrogens is 463 g/mol. The third-order valence-electron chi connectivity index (χ3n) is 5.80. The van der Waals surface area contributed by atoms with E-state index in [0.29, 0.717) is 28.3 Å². The van der Waals surface area contributed by atoms with E-state index in [1.54, 1.807) is 6.20 Å². The maximum Gasteiger partial charge on any atom is 0.213 e. The van der Waals surface area contributed by atoms with Crippen molar-refractivity contribution in [3.8, 4) is 11.1 Å². The first-order valence-corrected chi connectivity index (χ1v) is 12.1. The molecule has 1 aliphatic heterocycles. The summed E-state index contributed by atoms with van der Waals surface area (Å²) in [7, 11) is 2.06. The van der Waals surface area contributed by atoms with E-state index in [0.717, 1.165) is 47.3 Å². The zero-order valence-corrected chi connectivity index (χ0v) is 19.8. The number of carbonyl (C=O) groups is 1. The van der Waals surface area contributed by atoms with Gasteiger partial charge in [0.1, 0.15) is 5.69 Å². The molecule has 172 valence electrons. The Labute approximate surface area is 199 Å². The molecule has 1 amide bonds. The highest BCUT2D eigenvalue weighted by Crippen LogP contribution is 2.43. The number of aromatic amines is 1. The Morgan fingerprint density at radius 3 is 2.67 bits per heavy atom. The van der Waals surface area contributed by atoms with Gasteiger partial charge in [-0.1, -0.05) is 48.3 Å². The number of anilines is 2. The summed E-state index contributed by atoms with van der Waals surface area (Å²) in [6, 6.07) is 5.60. The van der Waals surface area contributed by atoms with Gasteiger partial charge in [0.05, 0.1) is 27.0 Å². The van der Waals surface area contributed by atoms with Crippen molar-refractivity contribution in [2.24, 2.45) is 0 Å². The summed E-state index contributed by atoms with van der Waals surface area (Å²) < 4.78 is 16.4. The minimum absolute atomic E-state index is 0.0768. The van der Waals surface area contributed by atoms with Crippen molar-refractivity contribution in [3.63, 3.8) is 0 Å².